The zero-order valence-corrected chi connectivity index (χ0v) is 12.9. The van der Waals surface area contributed by atoms with E-state index in [1.165, 1.54) is 0 Å². The van der Waals surface area contributed by atoms with Crippen LogP contribution in [0, 0.1) is 0 Å². The van der Waals surface area contributed by atoms with Gasteiger partial charge in [0.1, 0.15) is 0 Å². The average molecular weight is 358 g/mol. The van der Waals surface area contributed by atoms with Crippen molar-refractivity contribution in [2.45, 2.75) is 0 Å². The molecule has 0 fully saturated rings. The first-order chi connectivity index (χ1) is 8.54. The van der Waals surface area contributed by atoms with E-state index >= 15 is 0 Å². The highest BCUT2D eigenvalue weighted by atomic mass is 35.5. The van der Waals surface area contributed by atoms with Crippen molar-refractivity contribution in [3.63, 3.8) is 0 Å². The average Bonchev–Trinajstić information content (AvgIpc) is 2.31. The van der Waals surface area contributed by atoms with E-state index in [1.807, 2.05) is 0 Å². The van der Waals surface area contributed by atoms with E-state index in [0.29, 0.717) is 43.1 Å². The van der Waals surface area contributed by atoms with Crippen LogP contribution in [0.4, 0.5) is 0 Å². The molecule has 0 bridgehead atoms. The molecular formula is C12H5Cl5O2. The molecule has 2 nitrogen and oxygen atoms in total. The fraction of sp³-hybridized carbons (Fsp3) is 0. The number of rotatable bonds is 0. The highest BCUT2D eigenvalue weighted by molar-refractivity contribution is 6.42. The van der Waals surface area contributed by atoms with E-state index < -0.39 is 0 Å². The first-order valence-corrected chi connectivity index (χ1v) is 6.39. The Balaban J connectivity index is 0.00000133. The van der Waals surface area contributed by atoms with Crippen LogP contribution in [-0.2, 0) is 0 Å². The largest absolute Gasteiger partial charge is 0.449 e. The Morgan fingerprint density at radius 3 is 0.947 bits per heavy atom. The minimum absolute atomic E-state index is 0. The van der Waals surface area contributed by atoms with Crippen LogP contribution in [0.15, 0.2) is 24.3 Å². The van der Waals surface area contributed by atoms with Gasteiger partial charge in [-0.1, -0.05) is 46.4 Å². The summed E-state index contributed by atoms with van der Waals surface area (Å²) in [4.78, 5) is 0. The topological polar surface area (TPSA) is 18.5 Å². The monoisotopic (exact) mass is 356 g/mol. The van der Waals surface area contributed by atoms with Crippen molar-refractivity contribution in [2.24, 2.45) is 0 Å². The Morgan fingerprint density at radius 1 is 0.526 bits per heavy atom. The van der Waals surface area contributed by atoms with Crippen molar-refractivity contribution < 1.29 is 9.47 Å². The summed E-state index contributed by atoms with van der Waals surface area (Å²) in [6.07, 6.45) is 0. The van der Waals surface area contributed by atoms with Gasteiger partial charge in [-0.25, -0.2) is 0 Å². The van der Waals surface area contributed by atoms with Gasteiger partial charge in [-0.3, -0.25) is 0 Å². The zero-order valence-electron chi connectivity index (χ0n) is 9.05. The Hall–Kier alpha value is -0.510. The van der Waals surface area contributed by atoms with E-state index in [1.54, 1.807) is 24.3 Å². The van der Waals surface area contributed by atoms with Gasteiger partial charge < -0.3 is 9.47 Å². The summed E-state index contributed by atoms with van der Waals surface area (Å²) in [7, 11) is 0. The summed E-state index contributed by atoms with van der Waals surface area (Å²) >= 11 is 23.7. The van der Waals surface area contributed by atoms with E-state index in [9.17, 15) is 0 Å². The van der Waals surface area contributed by atoms with Gasteiger partial charge in [-0.2, -0.15) is 0 Å². The van der Waals surface area contributed by atoms with Gasteiger partial charge >= 0.3 is 0 Å². The van der Waals surface area contributed by atoms with Crippen molar-refractivity contribution in [2.75, 3.05) is 0 Å². The second-order valence-electron chi connectivity index (χ2n) is 3.63. The van der Waals surface area contributed by atoms with Crippen molar-refractivity contribution >= 4 is 58.8 Å². The van der Waals surface area contributed by atoms with Crippen LogP contribution in [0.5, 0.6) is 23.0 Å². The van der Waals surface area contributed by atoms with Crippen LogP contribution >= 0.6 is 58.8 Å². The molecule has 0 N–H and O–H groups in total. The lowest BCUT2D eigenvalue weighted by Gasteiger charge is -2.21. The normalized spacial score (nSPS) is 11.6. The van der Waals surface area contributed by atoms with Gasteiger partial charge in [0, 0.05) is 24.3 Å². The molecule has 19 heavy (non-hydrogen) atoms. The van der Waals surface area contributed by atoms with E-state index in [2.05, 4.69) is 0 Å². The first-order valence-electron chi connectivity index (χ1n) is 4.88. The fourth-order valence-corrected chi connectivity index (χ4v) is 2.19. The molecule has 1 aliphatic heterocycles. The Morgan fingerprint density at radius 2 is 0.737 bits per heavy atom. The van der Waals surface area contributed by atoms with Crippen molar-refractivity contribution in [3.05, 3.63) is 44.4 Å². The van der Waals surface area contributed by atoms with Gasteiger partial charge in [0.2, 0.25) is 0 Å². The van der Waals surface area contributed by atoms with E-state index in [0.717, 1.165) is 0 Å². The third-order valence-corrected chi connectivity index (χ3v) is 3.86. The molecular weight excluding hydrogens is 353 g/mol. The smallest absolute Gasteiger partial charge is 0.171 e. The standard InChI is InChI=1S/C12H4Cl4O2.ClH/c13-5-1-9-10(2-6(5)14)18-12-4-8(16)7(15)3-11(12)17-9;/h1-4H;1H. The Kier molecular flexibility index (Phi) is 4.29. The van der Waals surface area contributed by atoms with Gasteiger partial charge in [0.05, 0.1) is 20.1 Å². The summed E-state index contributed by atoms with van der Waals surface area (Å²) in [5.74, 6) is 1.93. The number of fused-ring (bicyclic) bond motifs is 2. The van der Waals surface area contributed by atoms with Crippen LogP contribution in [0.2, 0.25) is 20.1 Å². The SMILES string of the molecule is Cl.Clc1cc2c(cc1Cl)Oc1cc(Cl)c(Cl)cc1O2. The van der Waals surface area contributed by atoms with Crippen LogP contribution < -0.4 is 9.47 Å². The van der Waals surface area contributed by atoms with Crippen molar-refractivity contribution in [1.82, 2.24) is 0 Å². The summed E-state index contributed by atoms with van der Waals surface area (Å²) in [6.45, 7) is 0. The third-order valence-electron chi connectivity index (χ3n) is 2.41. The molecule has 7 heteroatoms. The summed E-state index contributed by atoms with van der Waals surface area (Å²) < 4.78 is 11.3. The second kappa shape index (κ2) is 5.47. The van der Waals surface area contributed by atoms with E-state index in [4.69, 9.17) is 55.9 Å². The molecule has 2 aromatic carbocycles. The van der Waals surface area contributed by atoms with Gasteiger partial charge in [0.15, 0.2) is 23.0 Å². The lowest BCUT2D eigenvalue weighted by Crippen LogP contribution is -1.99. The van der Waals surface area contributed by atoms with Crippen LogP contribution in [0.3, 0.4) is 0 Å². The zero-order chi connectivity index (χ0) is 12.9. The number of hydrogen-bond acceptors (Lipinski definition) is 2. The lowest BCUT2D eigenvalue weighted by molar-refractivity contribution is 0.359. The quantitative estimate of drug-likeness (QED) is 0.449. The third kappa shape index (κ3) is 2.69. The van der Waals surface area contributed by atoms with Gasteiger partial charge in [-0.15, -0.1) is 12.4 Å². The molecule has 0 spiro atoms. The molecule has 1 heterocycles. The molecule has 0 amide bonds. The minimum atomic E-state index is 0. The lowest BCUT2D eigenvalue weighted by atomic mass is 10.2. The predicted octanol–water partition coefficient (Wildman–Crippen LogP) is 6.62. The summed E-state index contributed by atoms with van der Waals surface area (Å²) in [5.41, 5.74) is 0. The first kappa shape index (κ1) is 14.9. The molecule has 3 rings (SSSR count). The maximum Gasteiger partial charge on any atom is 0.171 e. The Bertz CT molecular complexity index is 546. The molecule has 2 aromatic rings. The van der Waals surface area contributed by atoms with Crippen molar-refractivity contribution in [3.8, 4) is 23.0 Å². The van der Waals surface area contributed by atoms with Crippen molar-refractivity contribution in [1.29, 1.82) is 0 Å². The number of hydrogen-bond donors (Lipinski definition) is 0. The fourth-order valence-electron chi connectivity index (χ4n) is 1.58. The van der Waals surface area contributed by atoms with Gasteiger partial charge in [-0.05, 0) is 0 Å². The molecule has 0 saturated heterocycles. The molecule has 0 aliphatic carbocycles. The molecule has 100 valence electrons. The summed E-state index contributed by atoms with van der Waals surface area (Å²) in [6, 6.07) is 6.35. The molecule has 0 aromatic heterocycles. The molecule has 0 atom stereocenters. The molecule has 0 saturated carbocycles. The predicted molar refractivity (Wildman–Crippen MR) is 80.3 cm³/mol. The number of halogens is 5. The van der Waals surface area contributed by atoms with Crippen LogP contribution in [-0.4, -0.2) is 0 Å². The maximum absolute atomic E-state index is 5.91. The second-order valence-corrected chi connectivity index (χ2v) is 5.26. The van der Waals surface area contributed by atoms with Gasteiger partial charge in [0.25, 0.3) is 0 Å². The van der Waals surface area contributed by atoms with Crippen LogP contribution in [0.1, 0.15) is 0 Å². The Labute approximate surface area is 135 Å². The minimum Gasteiger partial charge on any atom is -0.449 e. The number of ether oxygens (including phenoxy) is 2. The highest BCUT2D eigenvalue weighted by Gasteiger charge is 2.21. The van der Waals surface area contributed by atoms with E-state index in [-0.39, 0.29) is 12.4 Å². The molecule has 1 aliphatic rings. The van der Waals surface area contributed by atoms with Crippen LogP contribution in [0.25, 0.3) is 0 Å². The maximum atomic E-state index is 5.91. The number of benzene rings is 2. The molecule has 0 unspecified atom stereocenters. The summed E-state index contributed by atoms with van der Waals surface area (Å²) in [5, 5.41) is 1.56. The molecule has 0 radical (unpaired) electrons. The highest BCUT2D eigenvalue weighted by Crippen LogP contribution is 2.49.